The summed E-state index contributed by atoms with van der Waals surface area (Å²) in [6, 6.07) is 7.45. The van der Waals surface area contributed by atoms with E-state index < -0.39 is 9.84 Å². The van der Waals surface area contributed by atoms with Gasteiger partial charge in [0, 0.05) is 19.0 Å². The Balaban J connectivity index is 2.11. The van der Waals surface area contributed by atoms with Crippen LogP contribution < -0.4 is 4.74 Å². The lowest BCUT2D eigenvalue weighted by molar-refractivity contribution is -0.133. The van der Waals surface area contributed by atoms with Gasteiger partial charge in [0.25, 0.3) is 0 Å². The third-order valence-electron chi connectivity index (χ3n) is 4.30. The van der Waals surface area contributed by atoms with Crippen LogP contribution in [0.2, 0.25) is 0 Å². The molecule has 6 heteroatoms. The Morgan fingerprint density at radius 2 is 1.96 bits per heavy atom. The minimum absolute atomic E-state index is 0.0489. The fourth-order valence-corrected chi connectivity index (χ4v) is 4.70. The lowest BCUT2D eigenvalue weighted by atomic mass is 10.1. The number of carbonyl (C=O) groups excluding carboxylic acids is 1. The first-order valence-corrected chi connectivity index (χ1v) is 10.5. The number of nitrogens with zero attached hydrogens (tertiary/aromatic N) is 1. The first kappa shape index (κ1) is 18.8. The van der Waals surface area contributed by atoms with Crippen LogP contribution >= 0.6 is 0 Å². The first-order chi connectivity index (χ1) is 11.4. The monoisotopic (exact) mass is 353 g/mol. The summed E-state index contributed by atoms with van der Waals surface area (Å²) in [5.41, 5.74) is 0.993. The third kappa shape index (κ3) is 5.23. The van der Waals surface area contributed by atoms with E-state index in [9.17, 15) is 13.2 Å². The van der Waals surface area contributed by atoms with E-state index in [2.05, 4.69) is 0 Å². The number of sulfone groups is 1. The Labute approximate surface area is 144 Å². The third-order valence-corrected chi connectivity index (χ3v) is 6.05. The van der Waals surface area contributed by atoms with Gasteiger partial charge >= 0.3 is 0 Å². The van der Waals surface area contributed by atoms with E-state index in [1.165, 1.54) is 0 Å². The van der Waals surface area contributed by atoms with Crippen LogP contribution in [-0.4, -0.2) is 43.4 Å². The molecule has 0 aromatic heterocycles. The molecule has 2 rings (SSSR count). The van der Waals surface area contributed by atoms with Crippen LogP contribution in [0, 0.1) is 0 Å². The van der Waals surface area contributed by atoms with Crippen LogP contribution in [0.15, 0.2) is 24.3 Å². The molecular weight excluding hydrogens is 326 g/mol. The highest BCUT2D eigenvalue weighted by Crippen LogP contribution is 2.22. The normalized spacial score (nSPS) is 19.2. The van der Waals surface area contributed by atoms with Crippen LogP contribution in [0.1, 0.15) is 45.1 Å². The average molecular weight is 353 g/mol. The maximum atomic E-state index is 12.6. The van der Waals surface area contributed by atoms with Crippen molar-refractivity contribution in [3.63, 3.8) is 0 Å². The lowest BCUT2D eigenvalue weighted by Crippen LogP contribution is -2.40. The van der Waals surface area contributed by atoms with Crippen molar-refractivity contribution in [2.45, 2.75) is 52.1 Å². The van der Waals surface area contributed by atoms with E-state index in [4.69, 9.17) is 4.74 Å². The summed E-state index contributed by atoms with van der Waals surface area (Å²) >= 11 is 0. The van der Waals surface area contributed by atoms with E-state index in [1.54, 1.807) is 4.90 Å². The molecule has 134 valence electrons. The van der Waals surface area contributed by atoms with Crippen LogP contribution in [0.25, 0.3) is 0 Å². The first-order valence-electron chi connectivity index (χ1n) is 8.66. The van der Waals surface area contributed by atoms with E-state index in [-0.39, 0.29) is 23.5 Å². The van der Waals surface area contributed by atoms with Crippen molar-refractivity contribution in [2.24, 2.45) is 0 Å². The van der Waals surface area contributed by atoms with Crippen LogP contribution in [0.5, 0.6) is 5.75 Å². The molecule has 0 N–H and O–H groups in total. The van der Waals surface area contributed by atoms with Gasteiger partial charge in [-0.2, -0.15) is 0 Å². The molecule has 1 aliphatic rings. The minimum atomic E-state index is -3.01. The van der Waals surface area contributed by atoms with Gasteiger partial charge in [0.1, 0.15) is 5.75 Å². The second-order valence-electron chi connectivity index (χ2n) is 6.26. The fraction of sp³-hybridized carbons (Fsp3) is 0.611. The zero-order valence-corrected chi connectivity index (χ0v) is 15.3. The smallest absolute Gasteiger partial charge is 0.223 e. The number of benzene rings is 1. The topological polar surface area (TPSA) is 63.7 Å². The number of hydrogen-bond acceptors (Lipinski definition) is 4. The highest BCUT2D eigenvalue weighted by molar-refractivity contribution is 7.91. The Morgan fingerprint density at radius 3 is 2.50 bits per heavy atom. The standard InChI is InChI=1S/C18H27NO4S/c1-3-5-6-18(20)19(16-11-12-24(21,22)14-16)13-15-7-9-17(10-8-15)23-4-2/h7-10,16H,3-6,11-14H2,1-2H3/t16-/m0/s1. The van der Waals surface area contributed by atoms with Gasteiger partial charge in [0.15, 0.2) is 9.84 Å². The molecule has 0 bridgehead atoms. The molecule has 1 aromatic rings. The van der Waals surface area contributed by atoms with Gasteiger partial charge in [0.2, 0.25) is 5.91 Å². The number of hydrogen-bond donors (Lipinski definition) is 0. The van der Waals surface area contributed by atoms with Gasteiger partial charge < -0.3 is 9.64 Å². The number of rotatable bonds is 8. The Kier molecular flexibility index (Phi) is 6.66. The van der Waals surface area contributed by atoms with E-state index in [1.807, 2.05) is 38.1 Å². The van der Waals surface area contributed by atoms with Crippen LogP contribution in [0.3, 0.4) is 0 Å². The predicted octanol–water partition coefficient (Wildman–Crippen LogP) is 2.79. The molecular formula is C18H27NO4S. The summed E-state index contributed by atoms with van der Waals surface area (Å²) in [5, 5.41) is 0. The Bertz CT molecular complexity index is 639. The molecule has 0 saturated carbocycles. The summed E-state index contributed by atoms with van der Waals surface area (Å²) in [5.74, 6) is 1.11. The van der Waals surface area contributed by atoms with Crippen molar-refractivity contribution in [2.75, 3.05) is 18.1 Å². The zero-order chi connectivity index (χ0) is 17.6. The Morgan fingerprint density at radius 1 is 1.25 bits per heavy atom. The molecule has 0 unspecified atom stereocenters. The Hall–Kier alpha value is -1.56. The molecule has 1 heterocycles. The second-order valence-corrected chi connectivity index (χ2v) is 8.49. The van der Waals surface area contributed by atoms with Crippen molar-refractivity contribution >= 4 is 15.7 Å². The summed E-state index contributed by atoms with van der Waals surface area (Å²) in [7, 11) is -3.01. The quantitative estimate of drug-likeness (QED) is 0.721. The van der Waals surface area contributed by atoms with Gasteiger partial charge in [-0.25, -0.2) is 8.42 Å². The van der Waals surface area contributed by atoms with Crippen molar-refractivity contribution in [3.05, 3.63) is 29.8 Å². The highest BCUT2D eigenvalue weighted by atomic mass is 32.2. The molecule has 0 radical (unpaired) electrons. The molecule has 5 nitrogen and oxygen atoms in total. The summed E-state index contributed by atoms with van der Waals surface area (Å²) in [6.07, 6.45) is 2.80. The maximum Gasteiger partial charge on any atom is 0.223 e. The maximum absolute atomic E-state index is 12.6. The average Bonchev–Trinajstić information content (AvgIpc) is 2.92. The molecule has 1 fully saturated rings. The number of amides is 1. The minimum Gasteiger partial charge on any atom is -0.494 e. The molecule has 1 saturated heterocycles. The lowest BCUT2D eigenvalue weighted by Gasteiger charge is -2.28. The predicted molar refractivity (Wildman–Crippen MR) is 94.7 cm³/mol. The summed E-state index contributed by atoms with van der Waals surface area (Å²) in [6.45, 7) is 5.04. The molecule has 1 atom stereocenters. The fourth-order valence-electron chi connectivity index (χ4n) is 2.97. The van der Waals surface area contributed by atoms with Crippen molar-refractivity contribution in [1.29, 1.82) is 0 Å². The van der Waals surface area contributed by atoms with E-state index in [0.717, 1.165) is 24.2 Å². The van der Waals surface area contributed by atoms with Crippen molar-refractivity contribution < 1.29 is 17.9 Å². The van der Waals surface area contributed by atoms with Crippen molar-refractivity contribution in [1.82, 2.24) is 4.90 Å². The highest BCUT2D eigenvalue weighted by Gasteiger charge is 2.34. The van der Waals surface area contributed by atoms with E-state index in [0.29, 0.717) is 26.0 Å². The molecule has 0 aliphatic carbocycles. The number of ether oxygens (including phenoxy) is 1. The van der Waals surface area contributed by atoms with Crippen molar-refractivity contribution in [3.8, 4) is 5.75 Å². The molecule has 0 spiro atoms. The molecule has 24 heavy (non-hydrogen) atoms. The van der Waals surface area contributed by atoms with Gasteiger partial charge in [-0.15, -0.1) is 0 Å². The van der Waals surface area contributed by atoms with Gasteiger partial charge in [-0.1, -0.05) is 25.5 Å². The molecule has 1 aromatic carbocycles. The van der Waals surface area contributed by atoms with E-state index >= 15 is 0 Å². The zero-order valence-electron chi connectivity index (χ0n) is 14.5. The number of unbranched alkanes of at least 4 members (excludes halogenated alkanes) is 1. The van der Waals surface area contributed by atoms with Gasteiger partial charge in [0.05, 0.1) is 18.1 Å². The second kappa shape index (κ2) is 8.51. The number of carbonyl (C=O) groups is 1. The summed E-state index contributed by atoms with van der Waals surface area (Å²) in [4.78, 5) is 14.3. The van der Waals surface area contributed by atoms with Crippen LogP contribution in [0.4, 0.5) is 0 Å². The van der Waals surface area contributed by atoms with Gasteiger partial charge in [-0.05, 0) is 37.5 Å². The molecule has 1 amide bonds. The largest absolute Gasteiger partial charge is 0.494 e. The van der Waals surface area contributed by atoms with Crippen LogP contribution in [-0.2, 0) is 21.2 Å². The van der Waals surface area contributed by atoms with Gasteiger partial charge in [-0.3, -0.25) is 4.79 Å². The molecule has 1 aliphatic heterocycles. The summed E-state index contributed by atoms with van der Waals surface area (Å²) < 4.78 is 29.0. The SMILES string of the molecule is CCCCC(=O)N(Cc1ccc(OCC)cc1)[C@H]1CCS(=O)(=O)C1.